The number of aliphatic hydroxyl groups is 1. The molecule has 0 bridgehead atoms. The highest BCUT2D eigenvalue weighted by molar-refractivity contribution is 5.19. The van der Waals surface area contributed by atoms with Crippen LogP contribution in [0, 0.1) is 23.5 Å². The van der Waals surface area contributed by atoms with Gasteiger partial charge >= 0.3 is 0 Å². The van der Waals surface area contributed by atoms with E-state index in [4.69, 9.17) is 0 Å². The molecule has 2 atom stereocenters. The maximum Gasteiger partial charge on any atom is 0.162 e. The first-order valence-corrected chi connectivity index (χ1v) is 5.54. The van der Waals surface area contributed by atoms with Crippen molar-refractivity contribution in [1.82, 2.24) is 0 Å². The van der Waals surface area contributed by atoms with Gasteiger partial charge in [0, 0.05) is 6.42 Å². The predicted molar refractivity (Wildman–Crippen MR) is 60.1 cm³/mol. The van der Waals surface area contributed by atoms with Crippen molar-refractivity contribution in [3.8, 4) is 0 Å². The van der Waals surface area contributed by atoms with E-state index in [2.05, 4.69) is 0 Å². The molecule has 0 saturated carbocycles. The van der Waals surface area contributed by atoms with Crippen LogP contribution in [0.15, 0.2) is 18.2 Å². The van der Waals surface area contributed by atoms with E-state index in [-0.39, 0.29) is 17.9 Å². The van der Waals surface area contributed by atoms with Crippen LogP contribution in [0.25, 0.3) is 0 Å². The number of rotatable bonds is 4. The molecule has 1 rings (SSSR count). The molecule has 0 heterocycles. The van der Waals surface area contributed by atoms with Crippen LogP contribution in [0.3, 0.4) is 0 Å². The Morgan fingerprint density at radius 1 is 1.19 bits per heavy atom. The molecule has 0 fully saturated rings. The van der Waals surface area contributed by atoms with E-state index >= 15 is 0 Å². The first-order valence-electron chi connectivity index (χ1n) is 5.54. The van der Waals surface area contributed by atoms with Gasteiger partial charge in [0.25, 0.3) is 0 Å². The van der Waals surface area contributed by atoms with Gasteiger partial charge in [0.1, 0.15) is 0 Å². The van der Waals surface area contributed by atoms with Crippen molar-refractivity contribution in [2.45, 2.75) is 33.3 Å². The zero-order valence-corrected chi connectivity index (χ0v) is 9.87. The quantitative estimate of drug-likeness (QED) is 0.839. The smallest absolute Gasteiger partial charge is 0.162 e. The molecule has 2 unspecified atom stereocenters. The standard InChI is InChI=1S/C13H18F2O/c1-8(2)9(3)12(16)7-10-5-4-6-11(14)13(10)15/h4-6,8-9,12,16H,7H2,1-3H3. The Labute approximate surface area is 95.1 Å². The summed E-state index contributed by atoms with van der Waals surface area (Å²) in [7, 11) is 0. The van der Waals surface area contributed by atoms with Crippen molar-refractivity contribution < 1.29 is 13.9 Å². The number of hydrogen-bond acceptors (Lipinski definition) is 1. The highest BCUT2D eigenvalue weighted by Crippen LogP contribution is 2.20. The van der Waals surface area contributed by atoms with Crippen molar-refractivity contribution in [1.29, 1.82) is 0 Å². The highest BCUT2D eigenvalue weighted by Gasteiger charge is 2.20. The minimum absolute atomic E-state index is 0.0580. The van der Waals surface area contributed by atoms with Crippen molar-refractivity contribution in [3.63, 3.8) is 0 Å². The molecule has 1 aromatic carbocycles. The average molecular weight is 228 g/mol. The van der Waals surface area contributed by atoms with Crippen molar-refractivity contribution >= 4 is 0 Å². The Kier molecular flexibility index (Phi) is 4.42. The zero-order valence-electron chi connectivity index (χ0n) is 9.87. The summed E-state index contributed by atoms with van der Waals surface area (Å²) in [4.78, 5) is 0. The van der Waals surface area contributed by atoms with E-state index in [0.29, 0.717) is 5.92 Å². The summed E-state index contributed by atoms with van der Waals surface area (Å²) >= 11 is 0. The monoisotopic (exact) mass is 228 g/mol. The molecule has 1 N–H and O–H groups in total. The molecule has 3 heteroatoms. The van der Waals surface area contributed by atoms with Crippen LogP contribution in [-0.4, -0.2) is 11.2 Å². The Morgan fingerprint density at radius 3 is 2.38 bits per heavy atom. The second-order valence-electron chi connectivity index (χ2n) is 4.59. The molecular formula is C13H18F2O. The van der Waals surface area contributed by atoms with Crippen molar-refractivity contribution in [2.24, 2.45) is 11.8 Å². The first-order chi connectivity index (χ1) is 7.43. The lowest BCUT2D eigenvalue weighted by atomic mass is 9.88. The maximum atomic E-state index is 13.3. The van der Waals surface area contributed by atoms with E-state index in [1.165, 1.54) is 12.1 Å². The fourth-order valence-corrected chi connectivity index (χ4v) is 1.56. The van der Waals surface area contributed by atoms with Crippen molar-refractivity contribution in [2.75, 3.05) is 0 Å². The Morgan fingerprint density at radius 2 is 1.81 bits per heavy atom. The van der Waals surface area contributed by atoms with E-state index in [9.17, 15) is 13.9 Å². The zero-order chi connectivity index (χ0) is 12.3. The molecule has 16 heavy (non-hydrogen) atoms. The van der Waals surface area contributed by atoms with Crippen molar-refractivity contribution in [3.05, 3.63) is 35.4 Å². The number of hydrogen-bond donors (Lipinski definition) is 1. The summed E-state index contributed by atoms with van der Waals surface area (Å²) in [5.74, 6) is -1.34. The lowest BCUT2D eigenvalue weighted by Crippen LogP contribution is -2.25. The van der Waals surface area contributed by atoms with Crippen LogP contribution in [0.5, 0.6) is 0 Å². The fourth-order valence-electron chi connectivity index (χ4n) is 1.56. The molecule has 0 aromatic heterocycles. The minimum Gasteiger partial charge on any atom is -0.392 e. The molecule has 1 nitrogen and oxygen atoms in total. The number of halogens is 2. The van der Waals surface area contributed by atoms with Gasteiger partial charge < -0.3 is 5.11 Å². The predicted octanol–water partition coefficient (Wildman–Crippen LogP) is 3.16. The van der Waals surface area contributed by atoms with Gasteiger partial charge in [-0.1, -0.05) is 32.9 Å². The molecule has 0 spiro atoms. The molecule has 1 aromatic rings. The van der Waals surface area contributed by atoms with Crippen LogP contribution in [-0.2, 0) is 6.42 Å². The van der Waals surface area contributed by atoms with Crippen LogP contribution < -0.4 is 0 Å². The second kappa shape index (κ2) is 5.39. The molecular weight excluding hydrogens is 210 g/mol. The fraction of sp³-hybridized carbons (Fsp3) is 0.538. The lowest BCUT2D eigenvalue weighted by Gasteiger charge is -2.22. The molecule has 0 radical (unpaired) electrons. The Bertz CT molecular complexity index is 350. The van der Waals surface area contributed by atoms with E-state index in [0.717, 1.165) is 6.07 Å². The SMILES string of the molecule is CC(C)C(C)C(O)Cc1cccc(F)c1F. The second-order valence-corrected chi connectivity index (χ2v) is 4.59. The maximum absolute atomic E-state index is 13.3. The van der Waals surface area contributed by atoms with Gasteiger partial charge in [-0.3, -0.25) is 0 Å². The lowest BCUT2D eigenvalue weighted by molar-refractivity contribution is 0.0912. The van der Waals surface area contributed by atoms with Gasteiger partial charge in [-0.25, -0.2) is 8.78 Å². The third-order valence-corrected chi connectivity index (χ3v) is 3.12. The van der Waals surface area contributed by atoms with Crippen LogP contribution in [0.2, 0.25) is 0 Å². The average Bonchev–Trinajstić information content (AvgIpc) is 2.23. The minimum atomic E-state index is -0.859. The largest absolute Gasteiger partial charge is 0.392 e. The van der Waals surface area contributed by atoms with Gasteiger partial charge in [-0.15, -0.1) is 0 Å². The number of benzene rings is 1. The van der Waals surface area contributed by atoms with Gasteiger partial charge in [0.2, 0.25) is 0 Å². The Balaban J connectivity index is 2.77. The van der Waals surface area contributed by atoms with Crippen LogP contribution in [0.4, 0.5) is 8.78 Å². The summed E-state index contributed by atoms with van der Waals surface area (Å²) in [6, 6.07) is 4.05. The van der Waals surface area contributed by atoms with E-state index in [1.54, 1.807) is 0 Å². The van der Waals surface area contributed by atoms with Gasteiger partial charge in [-0.2, -0.15) is 0 Å². The summed E-state index contributed by atoms with van der Waals surface area (Å²) in [5.41, 5.74) is 0.236. The van der Waals surface area contributed by atoms with E-state index in [1.807, 2.05) is 20.8 Å². The Hall–Kier alpha value is -0.960. The highest BCUT2D eigenvalue weighted by atomic mass is 19.2. The molecule has 0 aliphatic rings. The van der Waals surface area contributed by atoms with E-state index < -0.39 is 17.7 Å². The summed E-state index contributed by atoms with van der Waals surface area (Å²) in [6.07, 6.45) is -0.487. The van der Waals surface area contributed by atoms with Crippen LogP contribution >= 0.6 is 0 Å². The van der Waals surface area contributed by atoms with Gasteiger partial charge in [-0.05, 0) is 23.5 Å². The molecule has 90 valence electrons. The molecule has 0 aliphatic carbocycles. The third kappa shape index (κ3) is 3.01. The molecule has 0 saturated heterocycles. The summed E-state index contributed by atoms with van der Waals surface area (Å²) in [5, 5.41) is 9.87. The summed E-state index contributed by atoms with van der Waals surface area (Å²) in [6.45, 7) is 5.90. The van der Waals surface area contributed by atoms with Gasteiger partial charge in [0.15, 0.2) is 11.6 Å². The van der Waals surface area contributed by atoms with Crippen LogP contribution in [0.1, 0.15) is 26.3 Å². The number of aliphatic hydroxyl groups excluding tert-OH is 1. The normalized spacial score (nSPS) is 15.2. The first kappa shape index (κ1) is 13.1. The van der Waals surface area contributed by atoms with Gasteiger partial charge in [0.05, 0.1) is 6.10 Å². The third-order valence-electron chi connectivity index (χ3n) is 3.12. The molecule has 0 aliphatic heterocycles. The summed E-state index contributed by atoms with van der Waals surface area (Å²) < 4.78 is 26.3. The topological polar surface area (TPSA) is 20.2 Å². The molecule has 0 amide bonds.